The lowest BCUT2D eigenvalue weighted by atomic mass is 10.0. The van der Waals surface area contributed by atoms with E-state index in [1.54, 1.807) is 33.0 Å². The lowest BCUT2D eigenvalue weighted by Gasteiger charge is -2.49. The Morgan fingerprint density at radius 1 is 1.48 bits per heavy atom. The standard InChI is InChI=1S/C18H17N5O4S2/c1-10(24)8-21-5-6-22-13(21)3-2-12(20-22)28-7-4-11-9-29-17-14(19)16(25)23(17)15(11)18(26)27/h2-7,14,17H,8-9,19H2,1H3/b7-4+/t14-,17-/m1/s1. The van der Waals surface area contributed by atoms with Crippen molar-refractivity contribution < 1.29 is 24.1 Å². The van der Waals surface area contributed by atoms with Gasteiger partial charge in [0.1, 0.15) is 29.2 Å². The average molecular weight is 431 g/mol. The van der Waals surface area contributed by atoms with Gasteiger partial charge >= 0.3 is 5.65 Å². The van der Waals surface area contributed by atoms with Gasteiger partial charge in [-0.15, -0.1) is 16.3 Å². The van der Waals surface area contributed by atoms with E-state index in [9.17, 15) is 19.5 Å². The number of aromatic nitrogens is 3. The van der Waals surface area contributed by atoms with Gasteiger partial charge in [-0.3, -0.25) is 14.5 Å². The van der Waals surface area contributed by atoms with E-state index in [0.717, 1.165) is 5.65 Å². The van der Waals surface area contributed by atoms with Crippen molar-refractivity contribution in [3.8, 4) is 0 Å². The van der Waals surface area contributed by atoms with Gasteiger partial charge < -0.3 is 15.6 Å². The maximum atomic E-state index is 11.9. The molecule has 0 aromatic carbocycles. The molecule has 0 spiro atoms. The molecule has 0 aliphatic carbocycles. The number of thioether (sulfide) groups is 2. The summed E-state index contributed by atoms with van der Waals surface area (Å²) in [6.07, 6.45) is 5.21. The number of carbonyl (C=O) groups excluding carboxylic acids is 3. The molecule has 1 amide bonds. The zero-order valence-corrected chi connectivity index (χ0v) is 17.0. The van der Waals surface area contributed by atoms with Crippen LogP contribution in [0.25, 0.3) is 5.65 Å². The van der Waals surface area contributed by atoms with Crippen molar-refractivity contribution >= 4 is 46.8 Å². The molecule has 4 rings (SSSR count). The second-order valence-electron chi connectivity index (χ2n) is 6.62. The Bertz CT molecular complexity index is 1090. The van der Waals surface area contributed by atoms with Gasteiger partial charge in [-0.2, -0.15) is 0 Å². The minimum absolute atomic E-state index is 0.0516. The van der Waals surface area contributed by atoms with E-state index in [-0.39, 0.29) is 23.4 Å². The molecule has 2 aromatic rings. The van der Waals surface area contributed by atoms with Crippen molar-refractivity contribution in [1.82, 2.24) is 14.5 Å². The first-order valence-corrected chi connectivity index (χ1v) is 10.6. The summed E-state index contributed by atoms with van der Waals surface area (Å²) in [6.45, 7) is 1.81. The third kappa shape index (κ3) is 3.56. The summed E-state index contributed by atoms with van der Waals surface area (Å²) in [6, 6.07) is 3.01. The molecular weight excluding hydrogens is 414 g/mol. The third-order valence-corrected chi connectivity index (χ3v) is 6.64. The normalized spacial score (nSPS) is 21.6. The Balaban J connectivity index is 1.53. The molecule has 4 heterocycles. The Kier molecular flexibility index (Phi) is 5.19. The summed E-state index contributed by atoms with van der Waals surface area (Å²) in [4.78, 5) is 36.0. The zero-order valence-electron chi connectivity index (χ0n) is 15.3. The van der Waals surface area contributed by atoms with Crippen LogP contribution in [0.5, 0.6) is 0 Å². The predicted octanol–water partition coefficient (Wildman–Crippen LogP) is -0.937. The van der Waals surface area contributed by atoms with Gasteiger partial charge in [-0.05, 0) is 30.0 Å². The van der Waals surface area contributed by atoms with Crippen LogP contribution in [0.3, 0.4) is 0 Å². The number of imidazole rings is 1. The van der Waals surface area contributed by atoms with Gasteiger partial charge in [0.05, 0.1) is 11.7 Å². The van der Waals surface area contributed by atoms with Gasteiger partial charge in [0.25, 0.3) is 0 Å². The number of nitrogens with zero attached hydrogens (tertiary/aromatic N) is 4. The minimum atomic E-state index is -1.39. The molecule has 2 atom stereocenters. The van der Waals surface area contributed by atoms with Crippen LogP contribution in [0.15, 0.2) is 52.3 Å². The number of ketones is 1. The fourth-order valence-corrected chi connectivity index (χ4v) is 5.17. The molecule has 150 valence electrons. The van der Waals surface area contributed by atoms with E-state index >= 15 is 0 Å². The van der Waals surface area contributed by atoms with Crippen LogP contribution < -0.4 is 15.4 Å². The van der Waals surface area contributed by atoms with Gasteiger partial charge in [0.2, 0.25) is 5.91 Å². The molecular formula is C18H17N5O4S2. The van der Waals surface area contributed by atoms with Crippen molar-refractivity contribution in [2.75, 3.05) is 5.75 Å². The molecule has 0 radical (unpaired) electrons. The van der Waals surface area contributed by atoms with Crippen LogP contribution in [0.4, 0.5) is 0 Å². The SMILES string of the molecule is CC(=O)C[n+]1ccn2nc(S/C=C/C3=C(C(=O)[O-])N4C(=O)[C@@H](N)[C@H]4SC3)ccc21. The number of β-lactam (4-membered cyclic amide) rings is 1. The van der Waals surface area contributed by atoms with E-state index in [1.165, 1.54) is 35.3 Å². The van der Waals surface area contributed by atoms with Crippen molar-refractivity contribution in [2.45, 2.75) is 29.9 Å². The van der Waals surface area contributed by atoms with Crippen molar-refractivity contribution in [2.24, 2.45) is 5.73 Å². The predicted molar refractivity (Wildman–Crippen MR) is 104 cm³/mol. The summed E-state index contributed by atoms with van der Waals surface area (Å²) in [5.41, 5.74) is 6.91. The fraction of sp³-hybridized carbons (Fsp3) is 0.278. The Morgan fingerprint density at radius 2 is 2.28 bits per heavy atom. The summed E-state index contributed by atoms with van der Waals surface area (Å²) < 4.78 is 3.48. The van der Waals surface area contributed by atoms with Gasteiger partial charge in [-0.1, -0.05) is 16.9 Å². The average Bonchev–Trinajstić information content (AvgIpc) is 3.08. The Hall–Kier alpha value is -2.63. The molecule has 0 bridgehead atoms. The highest BCUT2D eigenvalue weighted by Gasteiger charge is 2.49. The van der Waals surface area contributed by atoms with Crippen LogP contribution in [-0.2, 0) is 20.9 Å². The topological polar surface area (TPSA) is 125 Å². The smallest absolute Gasteiger partial charge is 0.307 e. The highest BCUT2D eigenvalue weighted by Crippen LogP contribution is 2.39. The first kappa shape index (κ1) is 19.7. The van der Waals surface area contributed by atoms with E-state index < -0.39 is 17.9 Å². The summed E-state index contributed by atoms with van der Waals surface area (Å²) in [5, 5.41) is 18.1. The van der Waals surface area contributed by atoms with Crippen LogP contribution in [0.2, 0.25) is 0 Å². The van der Waals surface area contributed by atoms with Gasteiger partial charge in [0, 0.05) is 11.8 Å². The lowest BCUT2D eigenvalue weighted by molar-refractivity contribution is -0.657. The molecule has 29 heavy (non-hydrogen) atoms. The van der Waals surface area contributed by atoms with Crippen molar-refractivity contribution in [3.63, 3.8) is 0 Å². The summed E-state index contributed by atoms with van der Waals surface area (Å²) in [5.74, 6) is -1.31. The van der Waals surface area contributed by atoms with Crippen molar-refractivity contribution in [3.05, 3.63) is 47.3 Å². The highest BCUT2D eigenvalue weighted by atomic mass is 32.2. The molecule has 2 aromatic heterocycles. The number of hydrogen-bond acceptors (Lipinski definition) is 8. The number of carbonyl (C=O) groups is 3. The number of Topliss-reactive ketones (excluding diaryl/α,β-unsaturated/α-hetero) is 1. The number of hydrogen-bond donors (Lipinski definition) is 1. The number of nitrogens with two attached hydrogens (primary N) is 1. The first-order valence-electron chi connectivity index (χ1n) is 8.72. The van der Waals surface area contributed by atoms with Crippen LogP contribution in [0.1, 0.15) is 6.92 Å². The molecule has 0 saturated carbocycles. The number of rotatable bonds is 6. The number of carboxylic acids is 1. The van der Waals surface area contributed by atoms with E-state index in [1.807, 2.05) is 12.1 Å². The minimum Gasteiger partial charge on any atom is -0.543 e. The second kappa shape index (κ2) is 7.65. The Morgan fingerprint density at radius 3 is 3.00 bits per heavy atom. The summed E-state index contributed by atoms with van der Waals surface area (Å²) in [7, 11) is 0. The molecule has 2 aliphatic rings. The van der Waals surface area contributed by atoms with Crippen LogP contribution in [0, 0.1) is 0 Å². The number of fused-ring (bicyclic) bond motifs is 2. The summed E-state index contributed by atoms with van der Waals surface area (Å²) >= 11 is 2.74. The molecule has 11 heteroatoms. The highest BCUT2D eigenvalue weighted by molar-refractivity contribution is 8.02. The number of carboxylic acid groups (broad SMARTS) is 1. The Labute approximate surface area is 174 Å². The largest absolute Gasteiger partial charge is 0.543 e. The first-order chi connectivity index (χ1) is 13.9. The van der Waals surface area contributed by atoms with E-state index in [4.69, 9.17) is 5.73 Å². The number of aliphatic carboxylic acids is 1. The quantitative estimate of drug-likeness (QED) is 0.353. The number of allylic oxidation sites excluding steroid dienone is 1. The molecule has 2 aliphatic heterocycles. The zero-order chi connectivity index (χ0) is 20.7. The monoisotopic (exact) mass is 431 g/mol. The van der Waals surface area contributed by atoms with Gasteiger partial charge in [-0.25, -0.2) is 4.57 Å². The molecule has 2 N–H and O–H groups in total. The molecule has 0 unspecified atom stereocenters. The molecule has 9 nitrogen and oxygen atoms in total. The van der Waals surface area contributed by atoms with Gasteiger partial charge in [0.15, 0.2) is 12.0 Å². The lowest BCUT2D eigenvalue weighted by Crippen LogP contribution is -2.69. The van der Waals surface area contributed by atoms with Crippen LogP contribution >= 0.6 is 23.5 Å². The van der Waals surface area contributed by atoms with E-state index in [2.05, 4.69) is 5.10 Å². The fourth-order valence-electron chi connectivity index (χ4n) is 3.25. The third-order valence-electron chi connectivity index (χ3n) is 4.58. The van der Waals surface area contributed by atoms with E-state index in [0.29, 0.717) is 16.4 Å². The second-order valence-corrected chi connectivity index (χ2v) is 8.65. The maximum absolute atomic E-state index is 11.9. The van der Waals surface area contributed by atoms with Crippen molar-refractivity contribution in [1.29, 1.82) is 0 Å². The molecule has 1 saturated heterocycles. The maximum Gasteiger partial charge on any atom is 0.307 e. The van der Waals surface area contributed by atoms with Crippen LogP contribution in [-0.4, -0.2) is 49.3 Å². The molecule has 1 fully saturated rings. The number of amides is 1.